The third-order valence-electron chi connectivity index (χ3n) is 2.40. The van der Waals surface area contributed by atoms with Crippen LogP contribution in [0.25, 0.3) is 0 Å². The van der Waals surface area contributed by atoms with Crippen molar-refractivity contribution in [3.8, 4) is 0 Å². The van der Waals surface area contributed by atoms with Crippen LogP contribution in [0.3, 0.4) is 0 Å². The molecule has 0 radical (unpaired) electrons. The Morgan fingerprint density at radius 3 is 2.71 bits per heavy atom. The van der Waals surface area contributed by atoms with Gasteiger partial charge in [-0.2, -0.15) is 0 Å². The van der Waals surface area contributed by atoms with Crippen LogP contribution < -0.4 is 10.6 Å². The highest BCUT2D eigenvalue weighted by Crippen LogP contribution is 2.19. The number of nitrogens with one attached hydrogen (secondary N) is 2. The van der Waals surface area contributed by atoms with Crippen LogP contribution in [0.1, 0.15) is 17.4 Å². The summed E-state index contributed by atoms with van der Waals surface area (Å²) in [6, 6.07) is 4.95. The molecule has 0 bridgehead atoms. The molecule has 0 unspecified atom stereocenters. The minimum absolute atomic E-state index is 0.124. The number of aromatic nitrogens is 1. The van der Waals surface area contributed by atoms with Gasteiger partial charge < -0.3 is 5.32 Å². The van der Waals surface area contributed by atoms with E-state index in [-0.39, 0.29) is 28.0 Å². The van der Waals surface area contributed by atoms with E-state index in [1.807, 2.05) is 0 Å². The number of nitro benzene ring substituents is 1. The average Bonchev–Trinajstić information content (AvgIpc) is 2.87. The normalized spacial score (nSPS) is 9.95. The maximum Gasteiger partial charge on any atom is 0.325 e. The van der Waals surface area contributed by atoms with E-state index in [1.54, 1.807) is 0 Å². The molecule has 21 heavy (non-hydrogen) atoms. The van der Waals surface area contributed by atoms with Gasteiger partial charge in [0.05, 0.1) is 4.92 Å². The summed E-state index contributed by atoms with van der Waals surface area (Å²) >= 11 is 1.11. The Hall–Kier alpha value is -2.81. The van der Waals surface area contributed by atoms with Crippen molar-refractivity contribution in [1.82, 2.24) is 4.98 Å². The largest absolute Gasteiger partial charge is 0.325 e. The number of benzene rings is 1. The van der Waals surface area contributed by atoms with Gasteiger partial charge in [-0.1, -0.05) is 6.07 Å². The summed E-state index contributed by atoms with van der Waals surface area (Å²) in [6.45, 7) is 1.38. The number of urea groups is 1. The number of Topliss-reactive ketones (excluding diaryl/α,β-unsaturated/α-hetero) is 1. The lowest BCUT2D eigenvalue weighted by Crippen LogP contribution is -2.19. The maximum atomic E-state index is 11.7. The predicted molar refractivity (Wildman–Crippen MR) is 77.9 cm³/mol. The summed E-state index contributed by atoms with van der Waals surface area (Å²) in [4.78, 5) is 36.8. The summed E-state index contributed by atoms with van der Waals surface area (Å²) in [6.07, 6.45) is 0. The van der Waals surface area contributed by atoms with Crippen molar-refractivity contribution in [2.45, 2.75) is 6.92 Å². The summed E-state index contributed by atoms with van der Waals surface area (Å²) in [5.74, 6) is -0.196. The third-order valence-corrected chi connectivity index (χ3v) is 3.16. The second kappa shape index (κ2) is 6.09. The van der Waals surface area contributed by atoms with Crippen molar-refractivity contribution in [3.05, 3.63) is 45.5 Å². The summed E-state index contributed by atoms with van der Waals surface area (Å²) < 4.78 is 0. The van der Waals surface area contributed by atoms with E-state index >= 15 is 0 Å². The molecule has 0 aliphatic rings. The van der Waals surface area contributed by atoms with Gasteiger partial charge in [0.2, 0.25) is 0 Å². The van der Waals surface area contributed by atoms with Crippen LogP contribution >= 0.6 is 11.3 Å². The van der Waals surface area contributed by atoms with Crippen molar-refractivity contribution >= 4 is 39.7 Å². The number of nitro groups is 1. The molecular weight excluding hydrogens is 296 g/mol. The summed E-state index contributed by atoms with van der Waals surface area (Å²) in [7, 11) is 0. The molecule has 1 aromatic carbocycles. The number of anilines is 2. The van der Waals surface area contributed by atoms with Crippen LogP contribution in [0.5, 0.6) is 0 Å². The SMILES string of the molecule is CC(=O)c1csc(NC(=O)Nc2cccc([N+](=O)[O-])c2)n1. The number of ketones is 1. The zero-order valence-corrected chi connectivity index (χ0v) is 11.6. The van der Waals surface area contributed by atoms with E-state index in [0.29, 0.717) is 0 Å². The third kappa shape index (κ3) is 3.83. The van der Waals surface area contributed by atoms with Crippen LogP contribution in [0.15, 0.2) is 29.6 Å². The Morgan fingerprint density at radius 2 is 2.10 bits per heavy atom. The standard InChI is InChI=1S/C12H10N4O4S/c1-7(17)10-6-21-12(14-10)15-11(18)13-8-3-2-4-9(5-8)16(19)20/h2-6H,1H3,(H2,13,14,15,18). The first-order valence-electron chi connectivity index (χ1n) is 5.74. The van der Waals surface area contributed by atoms with Gasteiger partial charge in [0, 0.05) is 30.1 Å². The van der Waals surface area contributed by atoms with Crippen molar-refractivity contribution < 1.29 is 14.5 Å². The Bertz CT molecular complexity index is 713. The molecule has 2 N–H and O–H groups in total. The lowest BCUT2D eigenvalue weighted by atomic mass is 10.3. The molecule has 0 saturated heterocycles. The lowest BCUT2D eigenvalue weighted by molar-refractivity contribution is -0.384. The van der Waals surface area contributed by atoms with E-state index in [1.165, 1.54) is 36.6 Å². The van der Waals surface area contributed by atoms with Gasteiger partial charge in [-0.25, -0.2) is 9.78 Å². The van der Waals surface area contributed by atoms with Gasteiger partial charge in [-0.15, -0.1) is 11.3 Å². The van der Waals surface area contributed by atoms with E-state index in [4.69, 9.17) is 0 Å². The average molecular weight is 306 g/mol. The zero-order chi connectivity index (χ0) is 15.4. The summed E-state index contributed by atoms with van der Waals surface area (Å²) in [5, 5.41) is 17.3. The van der Waals surface area contributed by atoms with Gasteiger partial charge in [-0.05, 0) is 6.07 Å². The fourth-order valence-electron chi connectivity index (χ4n) is 1.45. The van der Waals surface area contributed by atoms with Crippen molar-refractivity contribution in [2.75, 3.05) is 10.6 Å². The highest BCUT2D eigenvalue weighted by atomic mass is 32.1. The molecule has 0 spiro atoms. The van der Waals surface area contributed by atoms with Gasteiger partial charge >= 0.3 is 6.03 Å². The Balaban J connectivity index is 2.02. The number of carbonyl (C=O) groups is 2. The highest BCUT2D eigenvalue weighted by molar-refractivity contribution is 7.14. The van der Waals surface area contributed by atoms with Crippen molar-refractivity contribution in [1.29, 1.82) is 0 Å². The van der Waals surface area contributed by atoms with Gasteiger partial charge in [0.25, 0.3) is 5.69 Å². The van der Waals surface area contributed by atoms with Crippen LogP contribution in [-0.2, 0) is 0 Å². The smallest absolute Gasteiger partial charge is 0.307 e. The van der Waals surface area contributed by atoms with E-state index in [2.05, 4.69) is 15.6 Å². The molecule has 2 amide bonds. The number of nitrogens with zero attached hydrogens (tertiary/aromatic N) is 2. The van der Waals surface area contributed by atoms with Gasteiger partial charge in [-0.3, -0.25) is 20.2 Å². The number of rotatable bonds is 4. The molecule has 8 nitrogen and oxygen atoms in total. The number of hydrogen-bond donors (Lipinski definition) is 2. The molecule has 108 valence electrons. The molecule has 0 fully saturated rings. The Kier molecular flexibility index (Phi) is 4.24. The van der Waals surface area contributed by atoms with Crippen LogP contribution in [0.2, 0.25) is 0 Å². The van der Waals surface area contributed by atoms with E-state index in [9.17, 15) is 19.7 Å². The van der Waals surface area contributed by atoms with Gasteiger partial charge in [0.15, 0.2) is 10.9 Å². The first kappa shape index (κ1) is 14.6. The lowest BCUT2D eigenvalue weighted by Gasteiger charge is -2.04. The molecule has 0 saturated carbocycles. The Labute approximate surface area is 123 Å². The quantitative estimate of drug-likeness (QED) is 0.512. The van der Waals surface area contributed by atoms with Crippen molar-refractivity contribution in [3.63, 3.8) is 0 Å². The van der Waals surface area contributed by atoms with Crippen LogP contribution in [0.4, 0.5) is 21.3 Å². The first-order chi connectivity index (χ1) is 9.95. The monoisotopic (exact) mass is 306 g/mol. The minimum Gasteiger partial charge on any atom is -0.307 e. The maximum absolute atomic E-state index is 11.7. The number of hydrogen-bond acceptors (Lipinski definition) is 6. The fourth-order valence-corrected chi connectivity index (χ4v) is 2.19. The molecule has 2 rings (SSSR count). The molecular formula is C12H10N4O4S. The predicted octanol–water partition coefficient (Wildman–Crippen LogP) is 2.90. The van der Waals surface area contributed by atoms with Crippen molar-refractivity contribution in [2.24, 2.45) is 0 Å². The van der Waals surface area contributed by atoms with E-state index in [0.717, 1.165) is 11.3 Å². The molecule has 1 heterocycles. The number of carbonyl (C=O) groups excluding carboxylic acids is 2. The molecule has 9 heteroatoms. The number of amides is 2. The molecule has 2 aromatic rings. The van der Waals surface area contributed by atoms with Crippen LogP contribution in [0, 0.1) is 10.1 Å². The number of non-ortho nitro benzene ring substituents is 1. The minimum atomic E-state index is -0.597. The highest BCUT2D eigenvalue weighted by Gasteiger charge is 2.11. The van der Waals surface area contributed by atoms with E-state index < -0.39 is 11.0 Å². The molecule has 0 atom stereocenters. The summed E-state index contributed by atoms with van der Waals surface area (Å²) in [5.41, 5.74) is 0.427. The molecule has 0 aliphatic heterocycles. The van der Waals surface area contributed by atoms with Crippen LogP contribution in [-0.4, -0.2) is 21.7 Å². The zero-order valence-electron chi connectivity index (χ0n) is 10.8. The topological polar surface area (TPSA) is 114 Å². The number of thiazole rings is 1. The second-order valence-electron chi connectivity index (χ2n) is 3.98. The first-order valence-corrected chi connectivity index (χ1v) is 6.62. The Morgan fingerprint density at radius 1 is 1.33 bits per heavy atom. The molecule has 0 aliphatic carbocycles. The van der Waals surface area contributed by atoms with Gasteiger partial charge in [0.1, 0.15) is 5.69 Å². The fraction of sp³-hybridized carbons (Fsp3) is 0.0833. The molecule has 1 aromatic heterocycles. The second-order valence-corrected chi connectivity index (χ2v) is 4.84.